The molecule has 1 atom stereocenters. The molecule has 0 aliphatic heterocycles. The molecular weight excluding hydrogens is 216 g/mol. The summed E-state index contributed by atoms with van der Waals surface area (Å²) in [6.45, 7) is 4.50. The molecule has 1 amide bonds. The molecule has 4 nitrogen and oxygen atoms in total. The first-order chi connectivity index (χ1) is 8.13. The van der Waals surface area contributed by atoms with Crippen molar-refractivity contribution in [3.8, 4) is 5.75 Å². The molecule has 0 saturated carbocycles. The monoisotopic (exact) mass is 236 g/mol. The molecule has 1 aromatic rings. The summed E-state index contributed by atoms with van der Waals surface area (Å²) in [5, 5.41) is 2.82. The van der Waals surface area contributed by atoms with Crippen molar-refractivity contribution in [1.29, 1.82) is 0 Å². The second-order valence-electron chi connectivity index (χ2n) is 3.98. The number of carbonyl (C=O) groups excluding carboxylic acids is 1. The SMILES string of the molecule is CCCCNC(=O)[C@H](C)Oc1cccc(N)c1. The van der Waals surface area contributed by atoms with Crippen LogP contribution in [0.3, 0.4) is 0 Å². The Morgan fingerprint density at radius 1 is 1.53 bits per heavy atom. The molecule has 0 saturated heterocycles. The molecule has 94 valence electrons. The second-order valence-corrected chi connectivity index (χ2v) is 3.98. The Morgan fingerprint density at radius 2 is 2.29 bits per heavy atom. The fourth-order valence-corrected chi connectivity index (χ4v) is 1.38. The van der Waals surface area contributed by atoms with Crippen molar-refractivity contribution >= 4 is 11.6 Å². The minimum absolute atomic E-state index is 0.0964. The van der Waals surface area contributed by atoms with Crippen LogP contribution in [0.2, 0.25) is 0 Å². The van der Waals surface area contributed by atoms with Crippen molar-refractivity contribution in [2.24, 2.45) is 0 Å². The fourth-order valence-electron chi connectivity index (χ4n) is 1.38. The highest BCUT2D eigenvalue weighted by Gasteiger charge is 2.13. The first-order valence-electron chi connectivity index (χ1n) is 5.93. The molecule has 0 spiro atoms. The van der Waals surface area contributed by atoms with Crippen LogP contribution in [0.15, 0.2) is 24.3 Å². The predicted molar refractivity (Wildman–Crippen MR) is 68.9 cm³/mol. The molecule has 1 aromatic carbocycles. The minimum atomic E-state index is -0.506. The number of carbonyl (C=O) groups is 1. The van der Waals surface area contributed by atoms with Gasteiger partial charge in [0, 0.05) is 18.3 Å². The van der Waals surface area contributed by atoms with Gasteiger partial charge >= 0.3 is 0 Å². The van der Waals surface area contributed by atoms with E-state index in [2.05, 4.69) is 12.2 Å². The van der Waals surface area contributed by atoms with Crippen LogP contribution in [-0.4, -0.2) is 18.6 Å². The smallest absolute Gasteiger partial charge is 0.260 e. The number of nitrogens with one attached hydrogen (secondary N) is 1. The maximum atomic E-state index is 11.6. The normalized spacial score (nSPS) is 11.9. The number of rotatable bonds is 6. The lowest BCUT2D eigenvalue weighted by atomic mass is 10.3. The van der Waals surface area contributed by atoms with E-state index in [9.17, 15) is 4.79 Å². The van der Waals surface area contributed by atoms with Crippen LogP contribution in [0.4, 0.5) is 5.69 Å². The van der Waals surface area contributed by atoms with Gasteiger partial charge in [0.25, 0.3) is 5.91 Å². The zero-order chi connectivity index (χ0) is 12.7. The number of anilines is 1. The van der Waals surface area contributed by atoms with Gasteiger partial charge in [-0.05, 0) is 25.5 Å². The van der Waals surface area contributed by atoms with Gasteiger partial charge in [0.1, 0.15) is 5.75 Å². The van der Waals surface area contributed by atoms with E-state index < -0.39 is 6.10 Å². The van der Waals surface area contributed by atoms with Crippen LogP contribution in [0, 0.1) is 0 Å². The van der Waals surface area contributed by atoms with Gasteiger partial charge in [-0.2, -0.15) is 0 Å². The van der Waals surface area contributed by atoms with E-state index in [0.717, 1.165) is 12.8 Å². The van der Waals surface area contributed by atoms with Gasteiger partial charge in [0.05, 0.1) is 0 Å². The van der Waals surface area contributed by atoms with Crippen LogP contribution < -0.4 is 15.8 Å². The number of hydrogen-bond acceptors (Lipinski definition) is 3. The van der Waals surface area contributed by atoms with E-state index in [1.54, 1.807) is 31.2 Å². The first kappa shape index (κ1) is 13.4. The third kappa shape index (κ3) is 4.76. The zero-order valence-corrected chi connectivity index (χ0v) is 10.4. The largest absolute Gasteiger partial charge is 0.481 e. The van der Waals surface area contributed by atoms with E-state index in [1.807, 2.05) is 0 Å². The summed E-state index contributed by atoms with van der Waals surface area (Å²) in [5.74, 6) is 0.518. The van der Waals surface area contributed by atoms with Crippen LogP contribution in [0.25, 0.3) is 0 Å². The van der Waals surface area contributed by atoms with E-state index in [-0.39, 0.29) is 5.91 Å². The summed E-state index contributed by atoms with van der Waals surface area (Å²) in [4.78, 5) is 11.6. The Labute approximate surface area is 102 Å². The van der Waals surface area contributed by atoms with Crippen LogP contribution in [-0.2, 0) is 4.79 Å². The van der Waals surface area contributed by atoms with E-state index >= 15 is 0 Å². The molecule has 0 aromatic heterocycles. The van der Waals surface area contributed by atoms with Crippen LogP contribution in [0.5, 0.6) is 5.75 Å². The average molecular weight is 236 g/mol. The highest BCUT2D eigenvalue weighted by atomic mass is 16.5. The van der Waals surface area contributed by atoms with Crippen molar-refractivity contribution in [3.05, 3.63) is 24.3 Å². The summed E-state index contributed by atoms with van der Waals surface area (Å²) >= 11 is 0. The quantitative estimate of drug-likeness (QED) is 0.586. The third-order valence-electron chi connectivity index (χ3n) is 2.37. The maximum Gasteiger partial charge on any atom is 0.260 e. The highest BCUT2D eigenvalue weighted by molar-refractivity contribution is 5.80. The Bertz CT molecular complexity index is 366. The molecule has 0 bridgehead atoms. The van der Waals surface area contributed by atoms with Crippen molar-refractivity contribution in [2.45, 2.75) is 32.8 Å². The van der Waals surface area contributed by atoms with Crippen molar-refractivity contribution < 1.29 is 9.53 Å². The Morgan fingerprint density at radius 3 is 2.94 bits per heavy atom. The topological polar surface area (TPSA) is 64.3 Å². The molecule has 0 heterocycles. The number of unbranched alkanes of at least 4 members (excludes halogenated alkanes) is 1. The van der Waals surface area contributed by atoms with Crippen LogP contribution >= 0.6 is 0 Å². The fraction of sp³-hybridized carbons (Fsp3) is 0.462. The number of ether oxygens (including phenoxy) is 1. The summed E-state index contributed by atoms with van der Waals surface area (Å²) < 4.78 is 5.50. The van der Waals surface area contributed by atoms with E-state index in [0.29, 0.717) is 18.0 Å². The summed E-state index contributed by atoms with van der Waals surface area (Å²) in [7, 11) is 0. The minimum Gasteiger partial charge on any atom is -0.481 e. The standard InChI is InChI=1S/C13H20N2O2/c1-3-4-8-15-13(16)10(2)17-12-7-5-6-11(14)9-12/h5-7,9-10H,3-4,8,14H2,1-2H3,(H,15,16)/t10-/m0/s1. The Balaban J connectivity index is 2.43. The summed E-state index contributed by atoms with van der Waals surface area (Å²) in [6.07, 6.45) is 1.54. The number of amides is 1. The molecule has 0 radical (unpaired) electrons. The molecule has 0 aliphatic rings. The number of hydrogen-bond donors (Lipinski definition) is 2. The van der Waals surface area contributed by atoms with Gasteiger partial charge in [-0.15, -0.1) is 0 Å². The van der Waals surface area contributed by atoms with Gasteiger partial charge in [-0.3, -0.25) is 4.79 Å². The zero-order valence-electron chi connectivity index (χ0n) is 10.4. The number of nitrogen functional groups attached to an aromatic ring is 1. The van der Waals surface area contributed by atoms with Crippen LogP contribution in [0.1, 0.15) is 26.7 Å². The first-order valence-corrected chi connectivity index (χ1v) is 5.93. The van der Waals surface area contributed by atoms with E-state index in [1.165, 1.54) is 0 Å². The second kappa shape index (κ2) is 6.78. The van der Waals surface area contributed by atoms with Crippen molar-refractivity contribution in [2.75, 3.05) is 12.3 Å². The highest BCUT2D eigenvalue weighted by Crippen LogP contribution is 2.15. The van der Waals surface area contributed by atoms with Gasteiger partial charge in [0.15, 0.2) is 6.10 Å². The van der Waals surface area contributed by atoms with Gasteiger partial charge < -0.3 is 15.8 Å². The van der Waals surface area contributed by atoms with Crippen molar-refractivity contribution in [3.63, 3.8) is 0 Å². The van der Waals surface area contributed by atoms with Gasteiger partial charge in [0.2, 0.25) is 0 Å². The predicted octanol–water partition coefficient (Wildman–Crippen LogP) is 1.95. The summed E-state index contributed by atoms with van der Waals surface area (Å²) in [6, 6.07) is 7.06. The van der Waals surface area contributed by atoms with E-state index in [4.69, 9.17) is 10.5 Å². The molecule has 0 unspecified atom stereocenters. The Kier molecular flexibility index (Phi) is 5.33. The lowest BCUT2D eigenvalue weighted by molar-refractivity contribution is -0.127. The molecule has 17 heavy (non-hydrogen) atoms. The average Bonchev–Trinajstić information content (AvgIpc) is 2.29. The number of benzene rings is 1. The Hall–Kier alpha value is -1.71. The lowest BCUT2D eigenvalue weighted by Gasteiger charge is -2.14. The molecule has 1 rings (SSSR count). The van der Waals surface area contributed by atoms with Gasteiger partial charge in [-0.25, -0.2) is 0 Å². The molecule has 3 N–H and O–H groups in total. The molecule has 4 heteroatoms. The summed E-state index contributed by atoms with van der Waals surface area (Å²) in [5.41, 5.74) is 6.25. The molecular formula is C13H20N2O2. The maximum absolute atomic E-state index is 11.6. The van der Waals surface area contributed by atoms with Crippen molar-refractivity contribution in [1.82, 2.24) is 5.32 Å². The number of nitrogens with two attached hydrogens (primary N) is 1. The van der Waals surface area contributed by atoms with Gasteiger partial charge in [-0.1, -0.05) is 19.4 Å². The lowest BCUT2D eigenvalue weighted by Crippen LogP contribution is -2.36. The molecule has 0 fully saturated rings. The molecule has 0 aliphatic carbocycles. The third-order valence-corrected chi connectivity index (χ3v) is 2.37.